The van der Waals surface area contributed by atoms with Crippen molar-refractivity contribution in [3.05, 3.63) is 64.0 Å². The van der Waals surface area contributed by atoms with E-state index in [1.165, 1.54) is 12.1 Å². The van der Waals surface area contributed by atoms with Gasteiger partial charge in [-0.15, -0.1) is 0 Å². The molecule has 0 saturated carbocycles. The summed E-state index contributed by atoms with van der Waals surface area (Å²) in [5.74, 6) is 0. The normalized spacial score (nSPS) is 15.5. The first-order valence-corrected chi connectivity index (χ1v) is 8.23. The molecule has 2 heterocycles. The summed E-state index contributed by atoms with van der Waals surface area (Å²) in [6, 6.07) is 12.5. The van der Waals surface area contributed by atoms with Crippen molar-refractivity contribution < 1.29 is 4.92 Å². The number of hydrogen-bond acceptors (Lipinski definition) is 6. The predicted octanol–water partition coefficient (Wildman–Crippen LogP) is 2.94. The van der Waals surface area contributed by atoms with Gasteiger partial charge >= 0.3 is 0 Å². The van der Waals surface area contributed by atoms with Gasteiger partial charge in [-0.3, -0.25) is 20.0 Å². The molecule has 0 aliphatic carbocycles. The lowest BCUT2D eigenvalue weighted by molar-refractivity contribution is -0.384. The summed E-state index contributed by atoms with van der Waals surface area (Å²) in [5.41, 5.74) is 1.90. The SMILES string of the molecule is N#Cc1ccc([N+](=O)[O-])c(NC2CCN(Cc3ccccn3)CC2)c1. The molecule has 25 heavy (non-hydrogen) atoms. The summed E-state index contributed by atoms with van der Waals surface area (Å²) in [7, 11) is 0. The lowest BCUT2D eigenvalue weighted by atomic mass is 10.0. The number of piperidine rings is 1. The van der Waals surface area contributed by atoms with E-state index < -0.39 is 4.92 Å². The number of nitriles is 1. The Morgan fingerprint density at radius 3 is 2.76 bits per heavy atom. The third-order valence-electron chi connectivity index (χ3n) is 4.38. The molecule has 1 aliphatic heterocycles. The fraction of sp³-hybridized carbons (Fsp3) is 0.333. The second-order valence-corrected chi connectivity index (χ2v) is 6.12. The first-order valence-electron chi connectivity index (χ1n) is 8.23. The fourth-order valence-electron chi connectivity index (χ4n) is 3.06. The van der Waals surface area contributed by atoms with E-state index in [1.807, 2.05) is 24.3 Å². The molecule has 0 amide bonds. The first kappa shape index (κ1) is 16.9. The molecule has 0 unspecified atom stereocenters. The Morgan fingerprint density at radius 2 is 2.12 bits per heavy atom. The lowest BCUT2D eigenvalue weighted by Crippen LogP contribution is -2.38. The van der Waals surface area contributed by atoms with Gasteiger partial charge in [-0.25, -0.2) is 0 Å². The molecule has 1 aromatic carbocycles. The van der Waals surface area contributed by atoms with E-state index in [2.05, 4.69) is 15.2 Å². The van der Waals surface area contributed by atoms with Gasteiger partial charge in [-0.1, -0.05) is 6.07 Å². The lowest BCUT2D eigenvalue weighted by Gasteiger charge is -2.32. The maximum Gasteiger partial charge on any atom is 0.292 e. The van der Waals surface area contributed by atoms with Crippen molar-refractivity contribution in [2.75, 3.05) is 18.4 Å². The third-order valence-corrected chi connectivity index (χ3v) is 4.38. The zero-order valence-corrected chi connectivity index (χ0v) is 13.8. The van der Waals surface area contributed by atoms with Gasteiger partial charge in [-0.05, 0) is 37.1 Å². The number of nitro groups is 1. The summed E-state index contributed by atoms with van der Waals surface area (Å²) in [6.45, 7) is 2.62. The Balaban J connectivity index is 1.61. The van der Waals surface area contributed by atoms with Crippen LogP contribution in [-0.2, 0) is 6.54 Å². The van der Waals surface area contributed by atoms with Gasteiger partial charge in [0.15, 0.2) is 0 Å². The van der Waals surface area contributed by atoms with Gasteiger partial charge in [0.1, 0.15) is 5.69 Å². The van der Waals surface area contributed by atoms with E-state index >= 15 is 0 Å². The van der Waals surface area contributed by atoms with E-state index in [0.29, 0.717) is 11.3 Å². The van der Waals surface area contributed by atoms with Gasteiger partial charge in [0.25, 0.3) is 5.69 Å². The molecule has 2 aromatic rings. The van der Waals surface area contributed by atoms with Crippen LogP contribution in [0, 0.1) is 21.4 Å². The number of likely N-dealkylation sites (tertiary alicyclic amines) is 1. The number of aromatic nitrogens is 1. The van der Waals surface area contributed by atoms with Crippen LogP contribution in [0.1, 0.15) is 24.1 Å². The van der Waals surface area contributed by atoms with E-state index in [-0.39, 0.29) is 11.7 Å². The van der Waals surface area contributed by atoms with Crippen LogP contribution < -0.4 is 5.32 Å². The minimum Gasteiger partial charge on any atom is -0.377 e. The molecule has 128 valence electrons. The summed E-state index contributed by atoms with van der Waals surface area (Å²) in [4.78, 5) is 17.4. The summed E-state index contributed by atoms with van der Waals surface area (Å²) in [6.07, 6.45) is 3.58. The molecule has 0 atom stereocenters. The molecule has 1 aliphatic rings. The number of benzene rings is 1. The molecule has 1 N–H and O–H groups in total. The second-order valence-electron chi connectivity index (χ2n) is 6.12. The molecule has 0 radical (unpaired) electrons. The zero-order valence-electron chi connectivity index (χ0n) is 13.8. The Labute approximate surface area is 146 Å². The number of nitro benzene ring substituents is 1. The molecular formula is C18H19N5O2. The highest BCUT2D eigenvalue weighted by Crippen LogP contribution is 2.28. The highest BCUT2D eigenvalue weighted by molar-refractivity contribution is 5.64. The van der Waals surface area contributed by atoms with Gasteiger partial charge < -0.3 is 5.32 Å². The van der Waals surface area contributed by atoms with Crippen LogP contribution in [0.3, 0.4) is 0 Å². The number of hydrogen-bond donors (Lipinski definition) is 1. The highest BCUT2D eigenvalue weighted by Gasteiger charge is 2.22. The van der Waals surface area contributed by atoms with Crippen LogP contribution in [0.25, 0.3) is 0 Å². The maximum atomic E-state index is 11.2. The zero-order chi connectivity index (χ0) is 17.6. The third kappa shape index (κ3) is 4.31. The van der Waals surface area contributed by atoms with Crippen molar-refractivity contribution >= 4 is 11.4 Å². The van der Waals surface area contributed by atoms with Gasteiger partial charge in [0, 0.05) is 37.9 Å². The largest absolute Gasteiger partial charge is 0.377 e. The fourth-order valence-corrected chi connectivity index (χ4v) is 3.06. The molecule has 0 bridgehead atoms. The molecule has 3 rings (SSSR count). The minimum absolute atomic E-state index is 0.00918. The van der Waals surface area contributed by atoms with E-state index in [0.717, 1.165) is 38.2 Å². The Bertz CT molecular complexity index is 780. The molecule has 1 fully saturated rings. The van der Waals surface area contributed by atoms with Crippen molar-refractivity contribution in [2.24, 2.45) is 0 Å². The number of rotatable bonds is 5. The van der Waals surface area contributed by atoms with Crippen LogP contribution in [0.4, 0.5) is 11.4 Å². The standard InChI is InChI=1S/C18H19N5O2/c19-12-14-4-5-18(23(24)25)17(11-14)21-15-6-9-22(10-7-15)13-16-3-1-2-8-20-16/h1-5,8,11,15,21H,6-7,9-10,13H2. The maximum absolute atomic E-state index is 11.2. The van der Waals surface area contributed by atoms with Crippen LogP contribution in [0.5, 0.6) is 0 Å². The van der Waals surface area contributed by atoms with Gasteiger partial charge in [0.2, 0.25) is 0 Å². The first-order chi connectivity index (χ1) is 12.2. The van der Waals surface area contributed by atoms with Crippen molar-refractivity contribution in [3.63, 3.8) is 0 Å². The van der Waals surface area contributed by atoms with Crippen LogP contribution >= 0.6 is 0 Å². The Hall–Kier alpha value is -2.98. The van der Waals surface area contributed by atoms with Gasteiger partial charge in [-0.2, -0.15) is 5.26 Å². The molecule has 7 heteroatoms. The number of nitrogens with one attached hydrogen (secondary N) is 1. The highest BCUT2D eigenvalue weighted by atomic mass is 16.6. The Morgan fingerprint density at radius 1 is 1.32 bits per heavy atom. The quantitative estimate of drug-likeness (QED) is 0.666. The average Bonchev–Trinajstić information content (AvgIpc) is 2.64. The smallest absolute Gasteiger partial charge is 0.292 e. The van der Waals surface area contributed by atoms with Crippen LogP contribution in [0.15, 0.2) is 42.6 Å². The average molecular weight is 337 g/mol. The van der Waals surface area contributed by atoms with E-state index in [9.17, 15) is 10.1 Å². The molecule has 0 spiro atoms. The monoisotopic (exact) mass is 337 g/mol. The van der Waals surface area contributed by atoms with Crippen LogP contribution in [-0.4, -0.2) is 33.9 Å². The molecular weight excluding hydrogens is 318 g/mol. The number of pyridine rings is 1. The summed E-state index contributed by atoms with van der Waals surface area (Å²) >= 11 is 0. The van der Waals surface area contributed by atoms with Crippen LogP contribution in [0.2, 0.25) is 0 Å². The van der Waals surface area contributed by atoms with Crippen molar-refractivity contribution in [1.29, 1.82) is 5.26 Å². The Kier molecular flexibility index (Phi) is 5.21. The molecule has 1 aromatic heterocycles. The molecule has 1 saturated heterocycles. The van der Waals surface area contributed by atoms with E-state index in [1.54, 1.807) is 12.3 Å². The van der Waals surface area contributed by atoms with Crippen molar-refractivity contribution in [3.8, 4) is 6.07 Å². The minimum atomic E-state index is -0.417. The number of nitrogens with zero attached hydrogens (tertiary/aromatic N) is 4. The number of anilines is 1. The van der Waals surface area contributed by atoms with E-state index in [4.69, 9.17) is 5.26 Å². The van der Waals surface area contributed by atoms with Gasteiger partial charge in [0.05, 0.1) is 22.2 Å². The summed E-state index contributed by atoms with van der Waals surface area (Å²) in [5, 5.41) is 23.5. The molecule has 7 nitrogen and oxygen atoms in total. The predicted molar refractivity (Wildman–Crippen MR) is 94.0 cm³/mol. The second kappa shape index (κ2) is 7.73. The summed E-state index contributed by atoms with van der Waals surface area (Å²) < 4.78 is 0. The topological polar surface area (TPSA) is 95.1 Å². The van der Waals surface area contributed by atoms with Crippen molar-refractivity contribution in [1.82, 2.24) is 9.88 Å². The van der Waals surface area contributed by atoms with Crippen molar-refractivity contribution in [2.45, 2.75) is 25.4 Å².